The Labute approximate surface area is 99.7 Å². The van der Waals surface area contributed by atoms with E-state index in [1.807, 2.05) is 0 Å². The molecule has 0 spiro atoms. The predicted molar refractivity (Wildman–Crippen MR) is 62.7 cm³/mol. The molecule has 1 aromatic rings. The Morgan fingerprint density at radius 3 is 2.82 bits per heavy atom. The molecule has 17 heavy (non-hydrogen) atoms. The first kappa shape index (κ1) is 13.3. The average molecular weight is 241 g/mol. The molecule has 0 saturated carbocycles. The first-order valence-corrected chi connectivity index (χ1v) is 5.35. The second-order valence-electron chi connectivity index (χ2n) is 3.46. The second kappa shape index (κ2) is 6.08. The minimum atomic E-state index is -0.523. The molecule has 0 amide bonds. The topological polar surface area (TPSA) is 47.6 Å². The van der Waals surface area contributed by atoms with Gasteiger partial charge in [-0.3, -0.25) is 0 Å². The van der Waals surface area contributed by atoms with Crippen molar-refractivity contribution in [2.75, 3.05) is 19.0 Å². The smallest absolute Gasteiger partial charge is 0.327 e. The third-order valence-corrected chi connectivity index (χ3v) is 2.17. The molecule has 0 radical (unpaired) electrons. The number of carbonyl (C=O) groups is 1. The molecule has 1 unspecified atom stereocenters. The van der Waals surface area contributed by atoms with Crippen molar-refractivity contribution in [2.45, 2.75) is 19.9 Å². The van der Waals surface area contributed by atoms with Crippen LogP contribution in [0.4, 0.5) is 10.1 Å². The molecule has 1 aromatic carbocycles. The molecule has 0 heterocycles. The second-order valence-corrected chi connectivity index (χ2v) is 3.46. The molecule has 0 aliphatic carbocycles. The average Bonchev–Trinajstić information content (AvgIpc) is 2.31. The van der Waals surface area contributed by atoms with E-state index in [0.717, 1.165) is 0 Å². The van der Waals surface area contributed by atoms with Crippen LogP contribution in [0.2, 0.25) is 0 Å². The molecule has 0 saturated heterocycles. The van der Waals surface area contributed by atoms with E-state index >= 15 is 0 Å². The van der Waals surface area contributed by atoms with E-state index in [9.17, 15) is 9.18 Å². The van der Waals surface area contributed by atoms with Gasteiger partial charge in [0, 0.05) is 6.07 Å². The van der Waals surface area contributed by atoms with Gasteiger partial charge >= 0.3 is 5.97 Å². The van der Waals surface area contributed by atoms with Crippen LogP contribution in [0.1, 0.15) is 13.8 Å². The number of benzene rings is 1. The number of anilines is 1. The summed E-state index contributed by atoms with van der Waals surface area (Å²) < 4.78 is 22.9. The fourth-order valence-electron chi connectivity index (χ4n) is 1.36. The lowest BCUT2D eigenvalue weighted by molar-refractivity contribution is -0.141. The van der Waals surface area contributed by atoms with Gasteiger partial charge in [-0.2, -0.15) is 0 Å². The molecule has 0 bridgehead atoms. The molecule has 1 atom stereocenters. The number of halogens is 1. The standard InChI is InChI=1S/C12H16FNO3/c1-4-17-11-7-9(13)5-6-10(11)14-8(2)12(15)16-3/h5-8,14H,4H2,1-3H3. The number of methoxy groups -OCH3 is 1. The molecule has 0 fully saturated rings. The van der Waals surface area contributed by atoms with E-state index in [4.69, 9.17) is 4.74 Å². The number of carbonyl (C=O) groups excluding carboxylic acids is 1. The molecule has 0 aliphatic rings. The monoisotopic (exact) mass is 241 g/mol. The number of hydrogen-bond acceptors (Lipinski definition) is 4. The fourth-order valence-corrected chi connectivity index (χ4v) is 1.36. The lowest BCUT2D eigenvalue weighted by Crippen LogP contribution is -2.27. The van der Waals surface area contributed by atoms with Gasteiger partial charge in [-0.15, -0.1) is 0 Å². The zero-order valence-corrected chi connectivity index (χ0v) is 10.1. The van der Waals surface area contributed by atoms with Crippen molar-refractivity contribution in [3.05, 3.63) is 24.0 Å². The third kappa shape index (κ3) is 3.62. The van der Waals surface area contributed by atoms with Crippen molar-refractivity contribution in [3.8, 4) is 5.75 Å². The SMILES string of the molecule is CCOc1cc(F)ccc1NC(C)C(=O)OC. The summed E-state index contributed by atoms with van der Waals surface area (Å²) in [6.07, 6.45) is 0. The predicted octanol–water partition coefficient (Wildman–Crippen LogP) is 2.20. The van der Waals surface area contributed by atoms with Crippen LogP contribution in [0.5, 0.6) is 5.75 Å². The van der Waals surface area contributed by atoms with Crippen molar-refractivity contribution in [3.63, 3.8) is 0 Å². The van der Waals surface area contributed by atoms with Gasteiger partial charge in [0.25, 0.3) is 0 Å². The molecular formula is C12H16FNO3. The van der Waals surface area contributed by atoms with Crippen LogP contribution < -0.4 is 10.1 Å². The Morgan fingerprint density at radius 1 is 1.53 bits per heavy atom. The lowest BCUT2D eigenvalue weighted by Gasteiger charge is -2.16. The van der Waals surface area contributed by atoms with Crippen molar-refractivity contribution in [1.29, 1.82) is 0 Å². The highest BCUT2D eigenvalue weighted by atomic mass is 19.1. The van der Waals surface area contributed by atoms with Crippen molar-refractivity contribution in [1.82, 2.24) is 0 Å². The Kier molecular flexibility index (Phi) is 4.75. The number of hydrogen-bond donors (Lipinski definition) is 1. The van der Waals surface area contributed by atoms with Gasteiger partial charge < -0.3 is 14.8 Å². The Hall–Kier alpha value is -1.78. The Morgan fingerprint density at radius 2 is 2.24 bits per heavy atom. The highest BCUT2D eigenvalue weighted by molar-refractivity contribution is 5.79. The number of rotatable bonds is 5. The maximum absolute atomic E-state index is 13.0. The van der Waals surface area contributed by atoms with Gasteiger partial charge in [0.05, 0.1) is 19.4 Å². The van der Waals surface area contributed by atoms with E-state index in [2.05, 4.69) is 10.1 Å². The van der Waals surface area contributed by atoms with Gasteiger partial charge in [0.1, 0.15) is 17.6 Å². The van der Waals surface area contributed by atoms with Gasteiger partial charge in [0.15, 0.2) is 0 Å². The number of esters is 1. The van der Waals surface area contributed by atoms with Crippen LogP contribution in [0.25, 0.3) is 0 Å². The van der Waals surface area contributed by atoms with Gasteiger partial charge in [-0.1, -0.05) is 0 Å². The van der Waals surface area contributed by atoms with E-state index < -0.39 is 12.0 Å². The molecule has 1 N–H and O–H groups in total. The van der Waals surface area contributed by atoms with E-state index in [1.165, 1.54) is 25.3 Å². The summed E-state index contributed by atoms with van der Waals surface area (Å²) >= 11 is 0. The summed E-state index contributed by atoms with van der Waals surface area (Å²) in [7, 11) is 1.31. The zero-order chi connectivity index (χ0) is 12.8. The maximum Gasteiger partial charge on any atom is 0.327 e. The largest absolute Gasteiger partial charge is 0.492 e. The van der Waals surface area contributed by atoms with Crippen LogP contribution >= 0.6 is 0 Å². The van der Waals surface area contributed by atoms with Crippen LogP contribution in [0.15, 0.2) is 18.2 Å². The van der Waals surface area contributed by atoms with Crippen LogP contribution in [0, 0.1) is 5.82 Å². The maximum atomic E-state index is 13.0. The summed E-state index contributed by atoms with van der Waals surface area (Å²) in [5.41, 5.74) is 0.561. The normalized spacial score (nSPS) is 11.8. The van der Waals surface area contributed by atoms with Crippen LogP contribution in [-0.4, -0.2) is 25.7 Å². The minimum absolute atomic E-state index is 0.378. The summed E-state index contributed by atoms with van der Waals surface area (Å²) in [5.74, 6) is -0.398. The minimum Gasteiger partial charge on any atom is -0.492 e. The molecule has 1 rings (SSSR count). The van der Waals surface area contributed by atoms with Crippen molar-refractivity contribution < 1.29 is 18.7 Å². The summed E-state index contributed by atoms with van der Waals surface area (Å²) in [4.78, 5) is 11.3. The van der Waals surface area contributed by atoms with Gasteiger partial charge in [-0.25, -0.2) is 9.18 Å². The van der Waals surface area contributed by atoms with E-state index in [1.54, 1.807) is 13.8 Å². The quantitative estimate of drug-likeness (QED) is 0.803. The van der Waals surface area contributed by atoms with E-state index in [-0.39, 0.29) is 5.82 Å². The lowest BCUT2D eigenvalue weighted by atomic mass is 10.2. The fraction of sp³-hybridized carbons (Fsp3) is 0.417. The molecular weight excluding hydrogens is 225 g/mol. The molecule has 4 nitrogen and oxygen atoms in total. The zero-order valence-electron chi connectivity index (χ0n) is 10.1. The highest BCUT2D eigenvalue weighted by Crippen LogP contribution is 2.26. The van der Waals surface area contributed by atoms with Gasteiger partial charge in [-0.05, 0) is 26.0 Å². The molecule has 0 aliphatic heterocycles. The summed E-state index contributed by atoms with van der Waals surface area (Å²) in [5, 5.41) is 2.91. The number of nitrogens with one attached hydrogen (secondary N) is 1. The molecule has 94 valence electrons. The first-order chi connectivity index (χ1) is 8.08. The highest BCUT2D eigenvalue weighted by Gasteiger charge is 2.15. The summed E-state index contributed by atoms with van der Waals surface area (Å²) in [6, 6.07) is 3.58. The van der Waals surface area contributed by atoms with Crippen LogP contribution in [-0.2, 0) is 9.53 Å². The third-order valence-electron chi connectivity index (χ3n) is 2.17. The first-order valence-electron chi connectivity index (χ1n) is 5.35. The van der Waals surface area contributed by atoms with Gasteiger partial charge in [0.2, 0.25) is 0 Å². The Balaban J connectivity index is 2.85. The van der Waals surface area contributed by atoms with Crippen molar-refractivity contribution >= 4 is 11.7 Å². The molecule has 5 heteroatoms. The Bertz CT molecular complexity index is 395. The van der Waals surface area contributed by atoms with Crippen LogP contribution in [0.3, 0.4) is 0 Å². The molecule has 0 aromatic heterocycles. The van der Waals surface area contributed by atoms with E-state index in [0.29, 0.717) is 18.0 Å². The summed E-state index contributed by atoms with van der Waals surface area (Å²) in [6.45, 7) is 3.88. The number of ether oxygens (including phenoxy) is 2. The van der Waals surface area contributed by atoms with Crippen molar-refractivity contribution in [2.24, 2.45) is 0 Å².